The van der Waals surface area contributed by atoms with Gasteiger partial charge >= 0.3 is 0 Å². The van der Waals surface area contributed by atoms with Gasteiger partial charge in [0, 0.05) is 6.42 Å². The van der Waals surface area contributed by atoms with Crippen LogP contribution in [0.25, 0.3) is 0 Å². The average Bonchev–Trinajstić information content (AvgIpc) is 2.94. The van der Waals surface area contributed by atoms with E-state index in [1.165, 1.54) is 89.5 Å². The molecule has 246 valence electrons. The molecule has 0 aromatic rings. The monoisotopic (exact) mass is 611 g/mol. The molecule has 0 radical (unpaired) electrons. The van der Waals surface area contributed by atoms with Crippen molar-refractivity contribution >= 4 is 16.0 Å². The van der Waals surface area contributed by atoms with Gasteiger partial charge in [0.2, 0.25) is 5.91 Å². The maximum atomic E-state index is 12.4. The second-order valence-corrected chi connectivity index (χ2v) is 13.3. The van der Waals surface area contributed by atoms with Gasteiger partial charge in [0.25, 0.3) is 10.1 Å². The predicted octanol–water partition coefficient (Wildman–Crippen LogP) is 9.40. The van der Waals surface area contributed by atoms with E-state index in [0.717, 1.165) is 51.4 Å². The van der Waals surface area contributed by atoms with Crippen molar-refractivity contribution in [2.75, 3.05) is 5.75 Å². The van der Waals surface area contributed by atoms with E-state index in [2.05, 4.69) is 43.5 Å². The molecular formula is C35H65NO5S. The zero-order chi connectivity index (χ0) is 31.2. The SMILES string of the molecule is CCCCCCC/C=C\CCCCCCCC(=O)NC(CS(=O)(=O)O)C(O)/C=C/CC/C=C/CCCCCCCCC. The molecule has 0 saturated heterocycles. The highest BCUT2D eigenvalue weighted by atomic mass is 32.2. The lowest BCUT2D eigenvalue weighted by Crippen LogP contribution is -2.46. The van der Waals surface area contributed by atoms with E-state index in [1.54, 1.807) is 6.08 Å². The van der Waals surface area contributed by atoms with Gasteiger partial charge in [0.15, 0.2) is 0 Å². The molecule has 0 heterocycles. The van der Waals surface area contributed by atoms with Crippen molar-refractivity contribution < 1.29 is 22.9 Å². The standard InChI is InChI=1S/C35H65NO5S/c1-3-5-7-9-11-13-15-17-19-21-23-25-27-29-31-35(38)36-33(32-42(39,40)41)34(37)30-28-26-24-22-20-18-16-14-12-10-8-6-4-2/h15,17,20,22,28,30,33-34,37H,3-14,16,18-19,21,23-27,29,31-32H2,1-2H3,(H,36,38)(H,39,40,41)/b17-15-,22-20+,30-28+. The first-order valence-electron chi connectivity index (χ1n) is 17.2. The lowest BCUT2D eigenvalue weighted by atomic mass is 10.1. The fourth-order valence-corrected chi connectivity index (χ4v) is 5.66. The average molecular weight is 612 g/mol. The summed E-state index contributed by atoms with van der Waals surface area (Å²) in [5.41, 5.74) is 0. The van der Waals surface area contributed by atoms with Gasteiger partial charge in [0.05, 0.1) is 17.9 Å². The summed E-state index contributed by atoms with van der Waals surface area (Å²) in [4.78, 5) is 12.4. The molecule has 0 spiro atoms. The molecule has 0 aliphatic heterocycles. The summed E-state index contributed by atoms with van der Waals surface area (Å²) in [7, 11) is -4.35. The highest BCUT2D eigenvalue weighted by Gasteiger charge is 2.24. The van der Waals surface area contributed by atoms with Crippen LogP contribution in [0.15, 0.2) is 36.5 Å². The number of amides is 1. The Morgan fingerprint density at radius 1 is 0.619 bits per heavy atom. The molecule has 3 N–H and O–H groups in total. The summed E-state index contributed by atoms with van der Waals surface area (Å²) >= 11 is 0. The minimum atomic E-state index is -4.35. The van der Waals surface area contributed by atoms with Crippen LogP contribution in [0, 0.1) is 0 Å². The van der Waals surface area contributed by atoms with E-state index >= 15 is 0 Å². The van der Waals surface area contributed by atoms with Gasteiger partial charge in [-0.1, -0.05) is 134 Å². The molecule has 0 aromatic heterocycles. The zero-order valence-electron chi connectivity index (χ0n) is 27.1. The molecule has 0 bridgehead atoms. The van der Waals surface area contributed by atoms with Gasteiger partial charge in [-0.2, -0.15) is 8.42 Å². The lowest BCUT2D eigenvalue weighted by molar-refractivity contribution is -0.122. The molecular weight excluding hydrogens is 546 g/mol. The Morgan fingerprint density at radius 3 is 1.50 bits per heavy atom. The van der Waals surface area contributed by atoms with Crippen LogP contribution >= 0.6 is 0 Å². The van der Waals surface area contributed by atoms with Gasteiger partial charge in [-0.25, -0.2) is 0 Å². The number of rotatable bonds is 30. The highest BCUT2D eigenvalue weighted by Crippen LogP contribution is 2.11. The van der Waals surface area contributed by atoms with E-state index in [9.17, 15) is 22.9 Å². The van der Waals surface area contributed by atoms with Crippen molar-refractivity contribution in [2.45, 2.75) is 174 Å². The summed E-state index contributed by atoms with van der Waals surface area (Å²) in [5, 5.41) is 13.1. The van der Waals surface area contributed by atoms with Crippen molar-refractivity contribution in [3.05, 3.63) is 36.5 Å². The summed E-state index contributed by atoms with van der Waals surface area (Å²) in [5.74, 6) is -1.01. The number of carbonyl (C=O) groups is 1. The number of unbranched alkanes of at least 4 members (excludes halogenated alkanes) is 18. The molecule has 0 fully saturated rings. The quantitative estimate of drug-likeness (QED) is 0.0426. The molecule has 0 aliphatic carbocycles. The normalized spacial score (nSPS) is 13.9. The second-order valence-electron chi connectivity index (χ2n) is 11.8. The van der Waals surface area contributed by atoms with Gasteiger partial charge in [-0.3, -0.25) is 9.35 Å². The second kappa shape index (κ2) is 29.6. The first kappa shape index (κ1) is 40.6. The third-order valence-electron chi connectivity index (χ3n) is 7.54. The number of aliphatic hydroxyl groups is 1. The van der Waals surface area contributed by atoms with Gasteiger partial charge in [-0.15, -0.1) is 0 Å². The van der Waals surface area contributed by atoms with E-state index in [-0.39, 0.29) is 12.3 Å². The van der Waals surface area contributed by atoms with E-state index in [0.29, 0.717) is 6.42 Å². The van der Waals surface area contributed by atoms with E-state index in [4.69, 9.17) is 0 Å². The number of allylic oxidation sites excluding steroid dienone is 5. The Morgan fingerprint density at radius 2 is 1.02 bits per heavy atom. The predicted molar refractivity (Wildman–Crippen MR) is 179 cm³/mol. The van der Waals surface area contributed by atoms with Crippen LogP contribution in [-0.2, 0) is 14.9 Å². The summed E-state index contributed by atoms with van der Waals surface area (Å²) < 4.78 is 32.3. The zero-order valence-corrected chi connectivity index (χ0v) is 27.9. The summed E-state index contributed by atoms with van der Waals surface area (Å²) in [6.07, 6.45) is 36.9. The van der Waals surface area contributed by atoms with Crippen LogP contribution in [-0.4, -0.2) is 41.9 Å². The van der Waals surface area contributed by atoms with E-state index in [1.807, 2.05) is 0 Å². The molecule has 2 unspecified atom stereocenters. The number of hydrogen-bond donors (Lipinski definition) is 3. The highest BCUT2D eigenvalue weighted by molar-refractivity contribution is 7.85. The Balaban J connectivity index is 4.10. The van der Waals surface area contributed by atoms with Crippen molar-refractivity contribution in [2.24, 2.45) is 0 Å². The van der Waals surface area contributed by atoms with Gasteiger partial charge < -0.3 is 10.4 Å². The Bertz CT molecular complexity index is 806. The first-order chi connectivity index (χ1) is 20.3. The van der Waals surface area contributed by atoms with Crippen LogP contribution in [0.2, 0.25) is 0 Å². The molecule has 42 heavy (non-hydrogen) atoms. The Hall–Kier alpha value is -1.44. The topological polar surface area (TPSA) is 104 Å². The fourth-order valence-electron chi connectivity index (χ4n) is 4.93. The van der Waals surface area contributed by atoms with Crippen molar-refractivity contribution in [1.29, 1.82) is 0 Å². The maximum absolute atomic E-state index is 12.4. The van der Waals surface area contributed by atoms with Gasteiger partial charge in [-0.05, 0) is 57.8 Å². The van der Waals surface area contributed by atoms with Crippen LogP contribution in [0.3, 0.4) is 0 Å². The first-order valence-corrected chi connectivity index (χ1v) is 18.8. The Labute approximate surface area is 259 Å². The maximum Gasteiger partial charge on any atom is 0.267 e. The molecule has 0 aromatic carbocycles. The number of aliphatic hydroxyl groups excluding tert-OH is 1. The third kappa shape index (κ3) is 30.0. The van der Waals surface area contributed by atoms with Crippen LogP contribution in [0.4, 0.5) is 0 Å². The van der Waals surface area contributed by atoms with Crippen LogP contribution < -0.4 is 5.32 Å². The molecule has 2 atom stereocenters. The smallest absolute Gasteiger partial charge is 0.267 e. The summed E-state index contributed by atoms with van der Waals surface area (Å²) in [6, 6.07) is -1.07. The lowest BCUT2D eigenvalue weighted by Gasteiger charge is -2.21. The molecule has 6 nitrogen and oxygen atoms in total. The summed E-state index contributed by atoms with van der Waals surface area (Å²) in [6.45, 7) is 4.47. The number of hydrogen-bond acceptors (Lipinski definition) is 4. The van der Waals surface area contributed by atoms with Crippen molar-refractivity contribution in [3.63, 3.8) is 0 Å². The van der Waals surface area contributed by atoms with Gasteiger partial charge in [0.1, 0.15) is 0 Å². The number of carbonyl (C=O) groups excluding carboxylic acids is 1. The van der Waals surface area contributed by atoms with Crippen LogP contribution in [0.1, 0.15) is 162 Å². The molecule has 0 rings (SSSR count). The van der Waals surface area contributed by atoms with Crippen LogP contribution in [0.5, 0.6) is 0 Å². The van der Waals surface area contributed by atoms with Crippen molar-refractivity contribution in [3.8, 4) is 0 Å². The fraction of sp³-hybridized carbons (Fsp3) is 0.800. The molecule has 1 amide bonds. The van der Waals surface area contributed by atoms with Crippen molar-refractivity contribution in [1.82, 2.24) is 5.32 Å². The Kier molecular flexibility index (Phi) is 28.6. The van der Waals surface area contributed by atoms with E-state index < -0.39 is 28.0 Å². The minimum Gasteiger partial charge on any atom is -0.387 e. The molecule has 0 aliphatic rings. The molecule has 7 heteroatoms. The molecule has 0 saturated carbocycles. The largest absolute Gasteiger partial charge is 0.387 e. The minimum absolute atomic E-state index is 0.278. The third-order valence-corrected chi connectivity index (χ3v) is 8.32. The number of nitrogens with one attached hydrogen (secondary N) is 1.